The van der Waals surface area contributed by atoms with Gasteiger partial charge in [0.25, 0.3) is 0 Å². The first kappa shape index (κ1) is 30.3. The SMILES string of the molecule is CCCCCCN(CCNC(=O)N1CCC(COC(N)=O)CC1)CC(O)C(O)C(O)C(O)CO. The standard InChI is InChI=1S/C22H44N4O8/c1-2-3-4-5-9-25(13-17(28)19(30)20(31)18(29)14-27)12-8-24-22(33)26-10-6-16(7-11-26)15-34-21(23)32/h16-20,27-31H,2-15H2,1H3,(H2,23,32)(H,24,33). The van der Waals surface area contributed by atoms with E-state index in [0.717, 1.165) is 38.5 Å². The van der Waals surface area contributed by atoms with Gasteiger partial charge in [0.1, 0.15) is 18.3 Å². The van der Waals surface area contributed by atoms with Crippen molar-refractivity contribution in [3.8, 4) is 0 Å². The molecule has 200 valence electrons. The Kier molecular flexibility index (Phi) is 15.0. The zero-order chi connectivity index (χ0) is 25.5. The molecule has 12 nitrogen and oxygen atoms in total. The van der Waals surface area contributed by atoms with E-state index in [0.29, 0.717) is 32.7 Å². The summed E-state index contributed by atoms with van der Waals surface area (Å²) in [7, 11) is 0. The van der Waals surface area contributed by atoms with E-state index in [1.807, 2.05) is 4.90 Å². The monoisotopic (exact) mass is 492 g/mol. The maximum absolute atomic E-state index is 12.5. The summed E-state index contributed by atoms with van der Waals surface area (Å²) in [5, 5.41) is 51.6. The fraction of sp³-hybridized carbons (Fsp3) is 0.909. The Hall–Kier alpha value is -1.70. The Bertz CT molecular complexity index is 577. The number of amides is 3. The number of nitrogens with one attached hydrogen (secondary N) is 1. The number of aliphatic hydroxyl groups excluding tert-OH is 5. The molecule has 1 heterocycles. The fourth-order valence-electron chi connectivity index (χ4n) is 3.93. The number of rotatable bonds is 16. The molecule has 0 spiro atoms. The van der Waals surface area contributed by atoms with E-state index in [4.69, 9.17) is 15.6 Å². The minimum Gasteiger partial charge on any atom is -0.449 e. The zero-order valence-corrected chi connectivity index (χ0v) is 20.2. The summed E-state index contributed by atoms with van der Waals surface area (Å²) < 4.78 is 4.83. The van der Waals surface area contributed by atoms with Gasteiger partial charge in [-0.15, -0.1) is 0 Å². The molecule has 0 saturated carbocycles. The average molecular weight is 493 g/mol. The number of hydrogen-bond acceptors (Lipinski definition) is 9. The molecule has 4 unspecified atom stereocenters. The normalized spacial score (nSPS) is 18.4. The lowest BCUT2D eigenvalue weighted by molar-refractivity contribution is -0.119. The van der Waals surface area contributed by atoms with Crippen molar-refractivity contribution in [1.82, 2.24) is 15.1 Å². The molecule has 8 N–H and O–H groups in total. The van der Waals surface area contributed by atoms with Gasteiger partial charge in [0.05, 0.1) is 19.3 Å². The Morgan fingerprint density at radius 1 is 1.06 bits per heavy atom. The zero-order valence-electron chi connectivity index (χ0n) is 20.2. The summed E-state index contributed by atoms with van der Waals surface area (Å²) in [6.07, 6.45) is -1.47. The summed E-state index contributed by atoms with van der Waals surface area (Å²) in [5.74, 6) is 0.183. The first-order valence-corrected chi connectivity index (χ1v) is 12.2. The summed E-state index contributed by atoms with van der Waals surface area (Å²) in [6.45, 7) is 4.20. The smallest absolute Gasteiger partial charge is 0.404 e. The van der Waals surface area contributed by atoms with E-state index in [2.05, 4.69) is 12.2 Å². The highest BCUT2D eigenvalue weighted by Crippen LogP contribution is 2.17. The fourth-order valence-corrected chi connectivity index (χ4v) is 3.93. The molecule has 12 heteroatoms. The minimum absolute atomic E-state index is 0.0453. The number of ether oxygens (including phenoxy) is 1. The highest BCUT2D eigenvalue weighted by molar-refractivity contribution is 5.74. The number of likely N-dealkylation sites (tertiary alicyclic amines) is 1. The number of piperidine rings is 1. The lowest BCUT2D eigenvalue weighted by Gasteiger charge is -2.32. The predicted molar refractivity (Wildman–Crippen MR) is 125 cm³/mol. The largest absolute Gasteiger partial charge is 0.449 e. The third kappa shape index (κ3) is 11.6. The number of nitrogens with two attached hydrogens (primary N) is 1. The molecule has 0 aromatic carbocycles. The lowest BCUT2D eigenvalue weighted by Crippen LogP contribution is -2.51. The van der Waals surface area contributed by atoms with Crippen molar-refractivity contribution in [2.24, 2.45) is 11.7 Å². The maximum atomic E-state index is 12.5. The molecule has 0 radical (unpaired) electrons. The second kappa shape index (κ2) is 16.8. The molecule has 34 heavy (non-hydrogen) atoms. The van der Waals surface area contributed by atoms with Crippen LogP contribution in [0.1, 0.15) is 45.4 Å². The highest BCUT2D eigenvalue weighted by Gasteiger charge is 2.31. The van der Waals surface area contributed by atoms with Crippen molar-refractivity contribution in [2.45, 2.75) is 69.9 Å². The third-order valence-electron chi connectivity index (χ3n) is 6.17. The van der Waals surface area contributed by atoms with Crippen molar-refractivity contribution in [1.29, 1.82) is 0 Å². The van der Waals surface area contributed by atoms with Gasteiger partial charge in [-0.05, 0) is 31.7 Å². The highest BCUT2D eigenvalue weighted by atomic mass is 16.5. The van der Waals surface area contributed by atoms with Crippen LogP contribution in [0.2, 0.25) is 0 Å². The van der Waals surface area contributed by atoms with Crippen LogP contribution in [0.15, 0.2) is 0 Å². The molecule has 0 bridgehead atoms. The lowest BCUT2D eigenvalue weighted by atomic mass is 9.98. The molecule has 1 aliphatic heterocycles. The molecule has 3 amide bonds. The molecular weight excluding hydrogens is 448 g/mol. The molecular formula is C22H44N4O8. The predicted octanol–water partition coefficient (Wildman–Crippen LogP) is -1.18. The Morgan fingerprint density at radius 3 is 2.29 bits per heavy atom. The molecule has 0 aliphatic carbocycles. The number of primary amides is 1. The first-order chi connectivity index (χ1) is 16.2. The number of hydrogen-bond donors (Lipinski definition) is 7. The van der Waals surface area contributed by atoms with E-state index in [1.165, 1.54) is 0 Å². The summed E-state index contributed by atoms with van der Waals surface area (Å²) in [4.78, 5) is 26.8. The average Bonchev–Trinajstić information content (AvgIpc) is 2.83. The van der Waals surface area contributed by atoms with Gasteiger partial charge >= 0.3 is 12.1 Å². The van der Waals surface area contributed by atoms with Gasteiger partial charge in [0.15, 0.2) is 0 Å². The van der Waals surface area contributed by atoms with Crippen molar-refractivity contribution in [3.05, 3.63) is 0 Å². The van der Waals surface area contributed by atoms with Crippen molar-refractivity contribution >= 4 is 12.1 Å². The number of urea groups is 1. The van der Waals surface area contributed by atoms with Crippen LogP contribution in [0.5, 0.6) is 0 Å². The molecule has 1 rings (SSSR count). The minimum atomic E-state index is -1.67. The van der Waals surface area contributed by atoms with Gasteiger partial charge in [-0.1, -0.05) is 26.2 Å². The second-order valence-corrected chi connectivity index (χ2v) is 8.95. The Balaban J connectivity index is 2.48. The number of nitrogens with zero attached hydrogens (tertiary/aromatic N) is 2. The molecule has 0 aromatic heterocycles. The number of aliphatic hydroxyl groups is 5. The van der Waals surface area contributed by atoms with Crippen LogP contribution in [0, 0.1) is 5.92 Å². The van der Waals surface area contributed by atoms with Crippen LogP contribution < -0.4 is 11.1 Å². The van der Waals surface area contributed by atoms with E-state index >= 15 is 0 Å². The van der Waals surface area contributed by atoms with Gasteiger partial charge in [-0.2, -0.15) is 0 Å². The van der Waals surface area contributed by atoms with E-state index < -0.39 is 37.1 Å². The van der Waals surface area contributed by atoms with Crippen LogP contribution in [0.4, 0.5) is 9.59 Å². The molecule has 1 aliphatic rings. The van der Waals surface area contributed by atoms with E-state index in [9.17, 15) is 30.0 Å². The summed E-state index contributed by atoms with van der Waals surface area (Å²) >= 11 is 0. The van der Waals surface area contributed by atoms with Crippen molar-refractivity contribution in [3.63, 3.8) is 0 Å². The Morgan fingerprint density at radius 2 is 1.71 bits per heavy atom. The maximum Gasteiger partial charge on any atom is 0.404 e. The van der Waals surface area contributed by atoms with Gasteiger partial charge in [-0.25, -0.2) is 9.59 Å². The third-order valence-corrected chi connectivity index (χ3v) is 6.17. The van der Waals surface area contributed by atoms with Crippen LogP contribution >= 0.6 is 0 Å². The first-order valence-electron chi connectivity index (χ1n) is 12.2. The quantitative estimate of drug-likeness (QED) is 0.130. The molecule has 1 fully saturated rings. The summed E-state index contributed by atoms with van der Waals surface area (Å²) in [5.41, 5.74) is 4.99. The van der Waals surface area contributed by atoms with E-state index in [-0.39, 0.29) is 25.1 Å². The van der Waals surface area contributed by atoms with Gasteiger partial charge in [0.2, 0.25) is 0 Å². The van der Waals surface area contributed by atoms with Gasteiger partial charge in [-0.3, -0.25) is 4.90 Å². The molecule has 4 atom stereocenters. The number of unbranched alkanes of at least 4 members (excludes halogenated alkanes) is 3. The van der Waals surface area contributed by atoms with Crippen LogP contribution in [0.3, 0.4) is 0 Å². The second-order valence-electron chi connectivity index (χ2n) is 8.95. The van der Waals surface area contributed by atoms with Crippen LogP contribution in [-0.4, -0.2) is 124 Å². The molecule has 1 saturated heterocycles. The van der Waals surface area contributed by atoms with Crippen molar-refractivity contribution in [2.75, 3.05) is 52.5 Å². The number of carbonyl (C=O) groups is 2. The van der Waals surface area contributed by atoms with Crippen molar-refractivity contribution < 1.29 is 39.9 Å². The molecule has 0 aromatic rings. The number of carbonyl (C=O) groups excluding carboxylic acids is 2. The Labute approximate surface area is 201 Å². The summed E-state index contributed by atoms with van der Waals surface area (Å²) in [6, 6.07) is -0.192. The topological polar surface area (TPSA) is 189 Å². The van der Waals surface area contributed by atoms with Crippen LogP contribution in [-0.2, 0) is 4.74 Å². The van der Waals surface area contributed by atoms with Gasteiger partial charge < -0.3 is 46.2 Å². The van der Waals surface area contributed by atoms with Gasteiger partial charge in [0, 0.05) is 32.7 Å². The van der Waals surface area contributed by atoms with E-state index in [1.54, 1.807) is 4.90 Å². The van der Waals surface area contributed by atoms with Crippen LogP contribution in [0.25, 0.3) is 0 Å².